The summed E-state index contributed by atoms with van der Waals surface area (Å²) in [6.45, 7) is 1.40. The molecule has 3 heterocycles. The van der Waals surface area contributed by atoms with Crippen molar-refractivity contribution in [3.05, 3.63) is 23.7 Å². The van der Waals surface area contributed by atoms with Crippen LogP contribution in [-0.4, -0.2) is 39.2 Å². The summed E-state index contributed by atoms with van der Waals surface area (Å²) < 4.78 is 5.29. The number of H-pyrrole nitrogens is 1. The van der Waals surface area contributed by atoms with E-state index in [1.807, 2.05) is 0 Å². The molecule has 6 heteroatoms. The Labute approximate surface area is 96.6 Å². The van der Waals surface area contributed by atoms with Gasteiger partial charge in [0.1, 0.15) is 5.82 Å². The molecule has 1 saturated heterocycles. The third-order valence-electron chi connectivity index (χ3n) is 2.92. The van der Waals surface area contributed by atoms with Gasteiger partial charge in [-0.05, 0) is 12.5 Å². The number of hydrogen-bond acceptors (Lipinski definition) is 4. The molecule has 1 fully saturated rings. The second-order valence-electron chi connectivity index (χ2n) is 4.08. The molecule has 0 aliphatic carbocycles. The molecule has 0 saturated carbocycles. The van der Waals surface area contributed by atoms with Crippen molar-refractivity contribution in [3.8, 4) is 0 Å². The number of hydrogen-bond donors (Lipinski definition) is 2. The third kappa shape index (κ3) is 1.76. The highest BCUT2D eigenvalue weighted by Gasteiger charge is 2.21. The predicted octanol–water partition coefficient (Wildman–Crippen LogP) is 1.16. The molecule has 2 aromatic heterocycles. The lowest BCUT2D eigenvalue weighted by atomic mass is 10.1. The number of aromatic carboxylic acids is 1. The van der Waals surface area contributed by atoms with Crippen LogP contribution in [0.15, 0.2) is 12.3 Å². The van der Waals surface area contributed by atoms with Crippen LogP contribution in [0.2, 0.25) is 0 Å². The van der Waals surface area contributed by atoms with Crippen molar-refractivity contribution < 1.29 is 14.6 Å². The van der Waals surface area contributed by atoms with Gasteiger partial charge in [-0.3, -0.25) is 0 Å². The minimum Gasteiger partial charge on any atom is -0.478 e. The number of nitrogens with one attached hydrogen (secondary N) is 1. The lowest BCUT2D eigenvalue weighted by Gasteiger charge is -2.00. The van der Waals surface area contributed by atoms with Crippen molar-refractivity contribution >= 4 is 17.1 Å². The highest BCUT2D eigenvalue weighted by Crippen LogP contribution is 2.24. The standard InChI is InChI=1S/C11H11N3O3/c15-11(16)7-3-8-10(12-4-7)14-9(13-8)6-1-2-17-5-6/h3-4,6H,1-2,5H2,(H,15,16)(H,12,13,14). The first kappa shape index (κ1) is 10.2. The van der Waals surface area contributed by atoms with Crippen LogP contribution in [0, 0.1) is 0 Å². The van der Waals surface area contributed by atoms with E-state index in [-0.39, 0.29) is 11.5 Å². The smallest absolute Gasteiger partial charge is 0.337 e. The zero-order valence-corrected chi connectivity index (χ0v) is 9.01. The summed E-state index contributed by atoms with van der Waals surface area (Å²) in [5.74, 6) is 0.102. The normalized spacial score (nSPS) is 19.9. The molecule has 1 unspecified atom stereocenters. The lowest BCUT2D eigenvalue weighted by molar-refractivity contribution is 0.0696. The van der Waals surface area contributed by atoms with E-state index in [0.29, 0.717) is 17.8 Å². The molecule has 0 aromatic carbocycles. The molecular formula is C11H11N3O3. The number of carbonyl (C=O) groups is 1. The maximum absolute atomic E-state index is 10.8. The number of rotatable bonds is 2. The first-order chi connectivity index (χ1) is 8.24. The first-order valence-electron chi connectivity index (χ1n) is 5.41. The molecule has 0 spiro atoms. The number of ether oxygens (including phenoxy) is 1. The molecule has 1 atom stereocenters. The van der Waals surface area contributed by atoms with Gasteiger partial charge < -0.3 is 14.8 Å². The van der Waals surface area contributed by atoms with Crippen LogP contribution in [0.25, 0.3) is 11.2 Å². The number of carboxylic acids is 1. The number of imidazole rings is 1. The molecule has 0 amide bonds. The molecular weight excluding hydrogens is 222 g/mol. The fourth-order valence-corrected chi connectivity index (χ4v) is 1.98. The van der Waals surface area contributed by atoms with Crippen LogP contribution < -0.4 is 0 Å². The highest BCUT2D eigenvalue weighted by molar-refractivity contribution is 5.90. The summed E-state index contributed by atoms with van der Waals surface area (Å²) in [4.78, 5) is 22.3. The average Bonchev–Trinajstić information content (AvgIpc) is 2.96. The minimum absolute atomic E-state index is 0.162. The van der Waals surface area contributed by atoms with E-state index < -0.39 is 5.97 Å². The van der Waals surface area contributed by atoms with Crippen LogP contribution >= 0.6 is 0 Å². The summed E-state index contributed by atoms with van der Waals surface area (Å²) in [6, 6.07) is 1.55. The van der Waals surface area contributed by atoms with Gasteiger partial charge in [0.25, 0.3) is 0 Å². The van der Waals surface area contributed by atoms with Crippen molar-refractivity contribution in [1.29, 1.82) is 0 Å². The van der Waals surface area contributed by atoms with Gasteiger partial charge in [0.05, 0.1) is 17.7 Å². The zero-order chi connectivity index (χ0) is 11.8. The topological polar surface area (TPSA) is 88.1 Å². The Morgan fingerprint density at radius 2 is 2.47 bits per heavy atom. The van der Waals surface area contributed by atoms with Crippen molar-refractivity contribution in [2.45, 2.75) is 12.3 Å². The summed E-state index contributed by atoms with van der Waals surface area (Å²) in [7, 11) is 0. The Morgan fingerprint density at radius 3 is 3.18 bits per heavy atom. The fraction of sp³-hybridized carbons (Fsp3) is 0.364. The van der Waals surface area contributed by atoms with Gasteiger partial charge in [-0.15, -0.1) is 0 Å². The zero-order valence-electron chi connectivity index (χ0n) is 9.01. The number of pyridine rings is 1. The van der Waals surface area contributed by atoms with Crippen LogP contribution in [0.3, 0.4) is 0 Å². The summed E-state index contributed by atoms with van der Waals surface area (Å²) >= 11 is 0. The number of fused-ring (bicyclic) bond motifs is 1. The van der Waals surface area contributed by atoms with Crippen molar-refractivity contribution in [1.82, 2.24) is 15.0 Å². The molecule has 1 aliphatic rings. The van der Waals surface area contributed by atoms with E-state index in [9.17, 15) is 4.79 Å². The van der Waals surface area contributed by atoms with E-state index in [2.05, 4.69) is 15.0 Å². The molecule has 3 rings (SSSR count). The van der Waals surface area contributed by atoms with Gasteiger partial charge in [0.2, 0.25) is 0 Å². The molecule has 17 heavy (non-hydrogen) atoms. The van der Waals surface area contributed by atoms with Crippen LogP contribution in [0.4, 0.5) is 0 Å². The van der Waals surface area contributed by atoms with Crippen molar-refractivity contribution in [2.24, 2.45) is 0 Å². The quantitative estimate of drug-likeness (QED) is 0.812. The predicted molar refractivity (Wildman–Crippen MR) is 59.0 cm³/mol. The second kappa shape index (κ2) is 3.81. The molecule has 2 aromatic rings. The molecule has 0 radical (unpaired) electrons. The third-order valence-corrected chi connectivity index (χ3v) is 2.92. The SMILES string of the molecule is O=C(O)c1cnc2nc(C3CCOC3)[nH]c2c1. The Balaban J connectivity index is 2.03. The Hall–Kier alpha value is -1.95. The van der Waals surface area contributed by atoms with E-state index in [1.54, 1.807) is 6.07 Å². The summed E-state index contributed by atoms with van der Waals surface area (Å²) in [5, 5.41) is 8.87. The van der Waals surface area contributed by atoms with Gasteiger partial charge in [-0.25, -0.2) is 14.8 Å². The van der Waals surface area contributed by atoms with Gasteiger partial charge >= 0.3 is 5.97 Å². The Morgan fingerprint density at radius 1 is 1.59 bits per heavy atom. The molecule has 2 N–H and O–H groups in total. The maximum Gasteiger partial charge on any atom is 0.337 e. The summed E-state index contributed by atoms with van der Waals surface area (Å²) in [6.07, 6.45) is 2.26. The Kier molecular flexibility index (Phi) is 2.29. The number of carboxylic acid groups (broad SMARTS) is 1. The van der Waals surface area contributed by atoms with Crippen molar-refractivity contribution in [3.63, 3.8) is 0 Å². The van der Waals surface area contributed by atoms with Gasteiger partial charge in [0.15, 0.2) is 5.65 Å². The molecule has 0 bridgehead atoms. The first-order valence-corrected chi connectivity index (χ1v) is 5.41. The van der Waals surface area contributed by atoms with E-state index >= 15 is 0 Å². The van der Waals surface area contributed by atoms with Crippen LogP contribution in [0.1, 0.15) is 28.5 Å². The average molecular weight is 233 g/mol. The summed E-state index contributed by atoms with van der Waals surface area (Å²) in [5.41, 5.74) is 1.37. The van der Waals surface area contributed by atoms with E-state index in [4.69, 9.17) is 9.84 Å². The highest BCUT2D eigenvalue weighted by atomic mass is 16.5. The minimum atomic E-state index is -0.986. The fourth-order valence-electron chi connectivity index (χ4n) is 1.98. The second-order valence-corrected chi connectivity index (χ2v) is 4.08. The van der Waals surface area contributed by atoms with Crippen LogP contribution in [-0.2, 0) is 4.74 Å². The van der Waals surface area contributed by atoms with Gasteiger partial charge in [-0.2, -0.15) is 0 Å². The van der Waals surface area contributed by atoms with Gasteiger partial charge in [-0.1, -0.05) is 0 Å². The Bertz CT molecular complexity index is 572. The molecule has 88 valence electrons. The van der Waals surface area contributed by atoms with E-state index in [0.717, 1.165) is 18.9 Å². The monoisotopic (exact) mass is 233 g/mol. The number of aromatic amines is 1. The van der Waals surface area contributed by atoms with Gasteiger partial charge in [0, 0.05) is 18.7 Å². The molecule has 6 nitrogen and oxygen atoms in total. The number of aromatic nitrogens is 3. The van der Waals surface area contributed by atoms with E-state index in [1.165, 1.54) is 6.20 Å². The van der Waals surface area contributed by atoms with Crippen molar-refractivity contribution in [2.75, 3.05) is 13.2 Å². The number of nitrogens with zero attached hydrogens (tertiary/aromatic N) is 2. The maximum atomic E-state index is 10.8. The largest absolute Gasteiger partial charge is 0.478 e. The van der Waals surface area contributed by atoms with Crippen LogP contribution in [0.5, 0.6) is 0 Å². The molecule has 1 aliphatic heterocycles. The lowest BCUT2D eigenvalue weighted by Crippen LogP contribution is -1.99.